The van der Waals surface area contributed by atoms with Crippen molar-refractivity contribution in [3.05, 3.63) is 65.4 Å². The second kappa shape index (κ2) is 5.95. The Bertz CT molecular complexity index is 1200. The Kier molecular flexibility index (Phi) is 3.43. The molecule has 0 spiro atoms. The third-order valence-electron chi connectivity index (χ3n) is 4.78. The molecule has 1 aliphatic heterocycles. The average molecular weight is 354 g/mol. The number of hydrogen-bond acceptors (Lipinski definition) is 5. The summed E-state index contributed by atoms with van der Waals surface area (Å²) in [4.78, 5) is 16.2. The van der Waals surface area contributed by atoms with Crippen LogP contribution in [0, 0.1) is 6.92 Å². The van der Waals surface area contributed by atoms with E-state index in [0.717, 1.165) is 28.0 Å². The van der Waals surface area contributed by atoms with Crippen molar-refractivity contribution in [3.8, 4) is 11.3 Å². The van der Waals surface area contributed by atoms with Crippen LogP contribution in [0.1, 0.15) is 16.7 Å². The number of fused-ring (bicyclic) bond motifs is 2. The van der Waals surface area contributed by atoms with Gasteiger partial charge in [-0.15, -0.1) is 0 Å². The van der Waals surface area contributed by atoms with E-state index in [2.05, 4.69) is 68.6 Å². The van der Waals surface area contributed by atoms with Crippen LogP contribution in [0.4, 0.5) is 17.5 Å². The standard InChI is InChI=1S/C21H18N6/c1-12-2-3-13-8-19(26-18(13)6-12)16-9-15(7-14-10-23-11-17(14)16)25-20-4-5-24-21(22)27-20/h2-10,26H,11H2,1H3,(H3,22,24,25,27). The number of aryl methyl sites for hydroxylation is 1. The summed E-state index contributed by atoms with van der Waals surface area (Å²) in [6, 6.07) is 14.6. The number of nitrogens with two attached hydrogens (primary N) is 1. The molecule has 4 N–H and O–H groups in total. The van der Waals surface area contributed by atoms with Crippen LogP contribution in [-0.2, 0) is 6.54 Å². The van der Waals surface area contributed by atoms with Crippen molar-refractivity contribution < 1.29 is 0 Å². The number of aliphatic imine (C=N–C) groups is 1. The first-order chi connectivity index (χ1) is 13.2. The number of hydrogen-bond donors (Lipinski definition) is 3. The van der Waals surface area contributed by atoms with E-state index in [1.807, 2.05) is 6.21 Å². The molecular formula is C21H18N6. The van der Waals surface area contributed by atoms with Crippen molar-refractivity contribution in [2.75, 3.05) is 11.1 Å². The first kappa shape index (κ1) is 15.6. The molecule has 6 heteroatoms. The molecule has 0 unspecified atom stereocenters. The Morgan fingerprint density at radius 2 is 2.04 bits per heavy atom. The van der Waals surface area contributed by atoms with Gasteiger partial charge in [-0.3, -0.25) is 4.99 Å². The molecule has 0 radical (unpaired) electrons. The SMILES string of the molecule is Cc1ccc2cc(-c3cc(Nc4ccnc(N)n4)cc4c3CN=C4)[nH]c2c1. The second-order valence-corrected chi connectivity index (χ2v) is 6.76. The van der Waals surface area contributed by atoms with Crippen molar-refractivity contribution in [3.63, 3.8) is 0 Å². The molecule has 0 amide bonds. The van der Waals surface area contributed by atoms with Gasteiger partial charge in [0.15, 0.2) is 0 Å². The minimum absolute atomic E-state index is 0.244. The molecule has 2 aromatic heterocycles. The van der Waals surface area contributed by atoms with E-state index < -0.39 is 0 Å². The van der Waals surface area contributed by atoms with E-state index in [4.69, 9.17) is 5.73 Å². The zero-order valence-corrected chi connectivity index (χ0v) is 14.8. The first-order valence-electron chi connectivity index (χ1n) is 8.78. The zero-order chi connectivity index (χ0) is 18.4. The molecule has 6 nitrogen and oxygen atoms in total. The fourth-order valence-electron chi connectivity index (χ4n) is 3.51. The predicted molar refractivity (Wildman–Crippen MR) is 109 cm³/mol. The number of nitrogens with one attached hydrogen (secondary N) is 2. The van der Waals surface area contributed by atoms with Gasteiger partial charge in [-0.2, -0.15) is 4.98 Å². The monoisotopic (exact) mass is 354 g/mol. The van der Waals surface area contributed by atoms with Crippen LogP contribution in [0.25, 0.3) is 22.2 Å². The van der Waals surface area contributed by atoms with Gasteiger partial charge in [0.1, 0.15) is 5.82 Å². The van der Waals surface area contributed by atoms with Gasteiger partial charge >= 0.3 is 0 Å². The highest BCUT2D eigenvalue weighted by atomic mass is 15.1. The molecule has 0 fully saturated rings. The largest absolute Gasteiger partial charge is 0.368 e. The lowest BCUT2D eigenvalue weighted by Gasteiger charge is -2.12. The van der Waals surface area contributed by atoms with Crippen LogP contribution in [0.5, 0.6) is 0 Å². The second-order valence-electron chi connectivity index (χ2n) is 6.76. The van der Waals surface area contributed by atoms with Gasteiger partial charge in [0.2, 0.25) is 5.95 Å². The molecule has 2 aromatic carbocycles. The third-order valence-corrected chi connectivity index (χ3v) is 4.78. The van der Waals surface area contributed by atoms with Crippen molar-refractivity contribution in [2.24, 2.45) is 4.99 Å². The van der Waals surface area contributed by atoms with Gasteiger partial charge in [0.25, 0.3) is 0 Å². The van der Waals surface area contributed by atoms with Gasteiger partial charge in [-0.1, -0.05) is 12.1 Å². The number of rotatable bonds is 3. The summed E-state index contributed by atoms with van der Waals surface area (Å²) in [5.74, 6) is 0.907. The quantitative estimate of drug-likeness (QED) is 0.514. The first-order valence-corrected chi connectivity index (χ1v) is 8.78. The maximum absolute atomic E-state index is 5.69. The summed E-state index contributed by atoms with van der Waals surface area (Å²) in [6.07, 6.45) is 3.56. The highest BCUT2D eigenvalue weighted by molar-refractivity contribution is 5.93. The molecule has 0 saturated carbocycles. The Morgan fingerprint density at radius 3 is 2.93 bits per heavy atom. The number of benzene rings is 2. The lowest BCUT2D eigenvalue weighted by molar-refractivity contribution is 1.11. The van der Waals surface area contributed by atoms with E-state index in [9.17, 15) is 0 Å². The molecule has 1 aliphatic rings. The van der Waals surface area contributed by atoms with E-state index in [0.29, 0.717) is 12.4 Å². The normalized spacial score (nSPS) is 12.5. The highest BCUT2D eigenvalue weighted by Crippen LogP contribution is 2.34. The molecule has 5 rings (SSSR count). The van der Waals surface area contributed by atoms with Gasteiger partial charge in [-0.05, 0) is 48.4 Å². The van der Waals surface area contributed by atoms with Gasteiger partial charge in [0.05, 0.1) is 6.54 Å². The molecule has 4 aromatic rings. The Hall–Kier alpha value is -3.67. The summed E-state index contributed by atoms with van der Waals surface area (Å²) in [5, 5.41) is 4.52. The Labute approximate surface area is 156 Å². The van der Waals surface area contributed by atoms with E-state index >= 15 is 0 Å². The Morgan fingerprint density at radius 1 is 1.11 bits per heavy atom. The summed E-state index contributed by atoms with van der Waals surface area (Å²) in [7, 11) is 0. The molecule has 27 heavy (non-hydrogen) atoms. The predicted octanol–water partition coefficient (Wildman–Crippen LogP) is 4.19. The zero-order valence-electron chi connectivity index (χ0n) is 14.8. The number of anilines is 3. The van der Waals surface area contributed by atoms with Crippen molar-refractivity contribution >= 4 is 34.6 Å². The van der Waals surface area contributed by atoms with E-state index in [1.165, 1.54) is 16.5 Å². The fourth-order valence-corrected chi connectivity index (χ4v) is 3.51. The van der Waals surface area contributed by atoms with Gasteiger partial charge < -0.3 is 16.0 Å². The molecule has 0 bridgehead atoms. The molecule has 132 valence electrons. The summed E-state index contributed by atoms with van der Waals surface area (Å²) in [6.45, 7) is 2.79. The minimum atomic E-state index is 0.244. The molecule has 3 heterocycles. The number of H-pyrrole nitrogens is 1. The Balaban J connectivity index is 1.62. The minimum Gasteiger partial charge on any atom is -0.368 e. The number of aromatic amines is 1. The molecule has 0 saturated heterocycles. The van der Waals surface area contributed by atoms with Crippen molar-refractivity contribution in [1.82, 2.24) is 15.0 Å². The third kappa shape index (κ3) is 2.81. The number of nitrogens with zero attached hydrogens (tertiary/aromatic N) is 3. The molecule has 0 atom stereocenters. The summed E-state index contributed by atoms with van der Waals surface area (Å²) < 4.78 is 0. The van der Waals surface area contributed by atoms with Crippen LogP contribution in [0.15, 0.2) is 53.7 Å². The number of aromatic nitrogens is 3. The smallest absolute Gasteiger partial charge is 0.221 e. The average Bonchev–Trinajstić information content (AvgIpc) is 3.27. The van der Waals surface area contributed by atoms with E-state index in [1.54, 1.807) is 12.3 Å². The van der Waals surface area contributed by atoms with Crippen LogP contribution in [0.2, 0.25) is 0 Å². The van der Waals surface area contributed by atoms with Crippen LogP contribution >= 0.6 is 0 Å². The van der Waals surface area contributed by atoms with Crippen molar-refractivity contribution in [1.29, 1.82) is 0 Å². The maximum atomic E-state index is 5.69. The van der Waals surface area contributed by atoms with Gasteiger partial charge in [0, 0.05) is 45.8 Å². The summed E-state index contributed by atoms with van der Waals surface area (Å²) in [5.41, 5.74) is 13.6. The van der Waals surface area contributed by atoms with E-state index in [-0.39, 0.29) is 5.95 Å². The molecule has 0 aliphatic carbocycles. The van der Waals surface area contributed by atoms with Crippen LogP contribution in [0.3, 0.4) is 0 Å². The van der Waals surface area contributed by atoms with Crippen LogP contribution in [-0.4, -0.2) is 21.2 Å². The summed E-state index contributed by atoms with van der Waals surface area (Å²) >= 11 is 0. The topological polar surface area (TPSA) is 92.0 Å². The van der Waals surface area contributed by atoms with Crippen LogP contribution < -0.4 is 11.1 Å². The maximum Gasteiger partial charge on any atom is 0.221 e. The fraction of sp³-hybridized carbons (Fsp3) is 0.0952. The number of nitrogen functional groups attached to an aromatic ring is 1. The van der Waals surface area contributed by atoms with Crippen molar-refractivity contribution in [2.45, 2.75) is 13.5 Å². The highest BCUT2D eigenvalue weighted by Gasteiger charge is 2.16. The van der Waals surface area contributed by atoms with Gasteiger partial charge in [-0.25, -0.2) is 4.98 Å². The lowest BCUT2D eigenvalue weighted by atomic mass is 9.99. The lowest BCUT2D eigenvalue weighted by Crippen LogP contribution is -2.00. The molecular weight excluding hydrogens is 336 g/mol.